The van der Waals surface area contributed by atoms with Crippen LogP contribution in [0.15, 0.2) is 6.33 Å². The highest BCUT2D eigenvalue weighted by molar-refractivity contribution is 4.88. The molecule has 0 amide bonds. The fourth-order valence-corrected chi connectivity index (χ4v) is 1.31. The lowest BCUT2D eigenvalue weighted by molar-refractivity contribution is 0.182. The van der Waals surface area contributed by atoms with Gasteiger partial charge in [0.05, 0.1) is 19.7 Å². The zero-order valence-corrected chi connectivity index (χ0v) is 8.44. The van der Waals surface area contributed by atoms with Gasteiger partial charge >= 0.3 is 0 Å². The van der Waals surface area contributed by atoms with E-state index in [1.807, 2.05) is 4.68 Å². The standard InChI is InChI=1S/C9H16N4O/c1-14-5-4-13-9(11-7-12-13)6-10-8-2-3-8/h7-8,10H,2-6H2,1H3. The first kappa shape index (κ1) is 9.61. The third kappa shape index (κ3) is 2.52. The number of methoxy groups -OCH3 is 1. The molecule has 0 spiro atoms. The fraction of sp³-hybridized carbons (Fsp3) is 0.778. The van der Waals surface area contributed by atoms with Crippen molar-refractivity contribution in [1.29, 1.82) is 0 Å². The summed E-state index contributed by atoms with van der Waals surface area (Å²) in [6, 6.07) is 0.711. The molecule has 5 nitrogen and oxygen atoms in total. The van der Waals surface area contributed by atoms with Gasteiger partial charge in [-0.05, 0) is 12.8 Å². The van der Waals surface area contributed by atoms with E-state index in [4.69, 9.17) is 4.74 Å². The van der Waals surface area contributed by atoms with Crippen LogP contribution in [0.5, 0.6) is 0 Å². The first-order valence-electron chi connectivity index (χ1n) is 4.99. The average molecular weight is 196 g/mol. The number of hydrogen-bond donors (Lipinski definition) is 1. The summed E-state index contributed by atoms with van der Waals surface area (Å²) in [5.41, 5.74) is 0. The first-order chi connectivity index (χ1) is 6.90. The summed E-state index contributed by atoms with van der Waals surface area (Å²) in [6.07, 6.45) is 4.19. The Bertz CT molecular complexity index is 282. The maximum Gasteiger partial charge on any atom is 0.140 e. The molecule has 0 unspecified atom stereocenters. The molecule has 1 saturated carbocycles. The minimum Gasteiger partial charge on any atom is -0.383 e. The zero-order valence-electron chi connectivity index (χ0n) is 8.44. The van der Waals surface area contributed by atoms with E-state index in [9.17, 15) is 0 Å². The van der Waals surface area contributed by atoms with Crippen molar-refractivity contribution in [2.24, 2.45) is 0 Å². The second-order valence-electron chi connectivity index (χ2n) is 3.55. The Balaban J connectivity index is 1.83. The van der Waals surface area contributed by atoms with Crippen molar-refractivity contribution < 1.29 is 4.74 Å². The highest BCUT2D eigenvalue weighted by Gasteiger charge is 2.20. The lowest BCUT2D eigenvalue weighted by Gasteiger charge is -2.05. The van der Waals surface area contributed by atoms with Crippen LogP contribution in [0.4, 0.5) is 0 Å². The van der Waals surface area contributed by atoms with E-state index in [1.54, 1.807) is 13.4 Å². The number of ether oxygens (including phenoxy) is 1. The molecule has 0 aromatic carbocycles. The van der Waals surface area contributed by atoms with Crippen LogP contribution < -0.4 is 5.32 Å². The average Bonchev–Trinajstić information content (AvgIpc) is 2.92. The zero-order chi connectivity index (χ0) is 9.80. The molecule has 14 heavy (non-hydrogen) atoms. The van der Waals surface area contributed by atoms with Gasteiger partial charge in [0.1, 0.15) is 12.2 Å². The predicted molar refractivity (Wildman–Crippen MR) is 51.8 cm³/mol. The van der Waals surface area contributed by atoms with Gasteiger partial charge in [-0.3, -0.25) is 0 Å². The second-order valence-corrected chi connectivity index (χ2v) is 3.55. The summed E-state index contributed by atoms with van der Waals surface area (Å²) in [5, 5.41) is 7.55. The highest BCUT2D eigenvalue weighted by atomic mass is 16.5. The smallest absolute Gasteiger partial charge is 0.140 e. The van der Waals surface area contributed by atoms with E-state index in [2.05, 4.69) is 15.4 Å². The molecule has 1 aromatic heterocycles. The summed E-state index contributed by atoms with van der Waals surface area (Å²) in [5.74, 6) is 0.994. The van der Waals surface area contributed by atoms with Gasteiger partial charge in [0.2, 0.25) is 0 Å². The molecule has 0 saturated heterocycles. The number of rotatable bonds is 6. The summed E-state index contributed by atoms with van der Waals surface area (Å²) in [4.78, 5) is 4.20. The normalized spacial score (nSPS) is 16.1. The van der Waals surface area contributed by atoms with Crippen LogP contribution >= 0.6 is 0 Å². The molecular weight excluding hydrogens is 180 g/mol. The number of aromatic nitrogens is 3. The van der Waals surface area contributed by atoms with E-state index in [-0.39, 0.29) is 0 Å². The van der Waals surface area contributed by atoms with E-state index < -0.39 is 0 Å². The van der Waals surface area contributed by atoms with Crippen molar-refractivity contribution in [1.82, 2.24) is 20.1 Å². The number of nitrogens with one attached hydrogen (secondary N) is 1. The van der Waals surface area contributed by atoms with Crippen molar-refractivity contribution in [3.63, 3.8) is 0 Å². The van der Waals surface area contributed by atoms with Gasteiger partial charge in [-0.2, -0.15) is 5.10 Å². The van der Waals surface area contributed by atoms with Gasteiger partial charge in [-0.25, -0.2) is 9.67 Å². The van der Waals surface area contributed by atoms with Crippen LogP contribution in [-0.4, -0.2) is 34.5 Å². The highest BCUT2D eigenvalue weighted by Crippen LogP contribution is 2.18. The van der Waals surface area contributed by atoms with Crippen LogP contribution in [0.3, 0.4) is 0 Å². The Morgan fingerprint density at radius 3 is 3.21 bits per heavy atom. The molecule has 1 fully saturated rings. The van der Waals surface area contributed by atoms with E-state index in [1.165, 1.54) is 12.8 Å². The lowest BCUT2D eigenvalue weighted by atomic mass is 10.5. The van der Waals surface area contributed by atoms with Gasteiger partial charge < -0.3 is 10.1 Å². The Hall–Kier alpha value is -0.940. The van der Waals surface area contributed by atoms with Crippen molar-refractivity contribution in [3.05, 3.63) is 12.2 Å². The Morgan fingerprint density at radius 1 is 1.64 bits per heavy atom. The molecule has 5 heteroatoms. The van der Waals surface area contributed by atoms with Crippen molar-refractivity contribution in [2.45, 2.75) is 32.0 Å². The maximum absolute atomic E-state index is 5.00. The summed E-state index contributed by atoms with van der Waals surface area (Å²) in [7, 11) is 1.69. The van der Waals surface area contributed by atoms with E-state index in [0.717, 1.165) is 18.9 Å². The number of hydrogen-bond acceptors (Lipinski definition) is 4. The molecule has 0 bridgehead atoms. The molecule has 2 rings (SSSR count). The molecule has 1 aromatic rings. The second kappa shape index (κ2) is 4.52. The quantitative estimate of drug-likeness (QED) is 0.705. The summed E-state index contributed by atoms with van der Waals surface area (Å²) < 4.78 is 6.89. The largest absolute Gasteiger partial charge is 0.383 e. The van der Waals surface area contributed by atoms with Crippen molar-refractivity contribution >= 4 is 0 Å². The third-order valence-corrected chi connectivity index (χ3v) is 2.33. The van der Waals surface area contributed by atoms with Crippen LogP contribution in [0, 0.1) is 0 Å². The first-order valence-corrected chi connectivity index (χ1v) is 4.99. The molecule has 78 valence electrons. The third-order valence-electron chi connectivity index (χ3n) is 2.33. The number of nitrogens with zero attached hydrogens (tertiary/aromatic N) is 3. The molecule has 1 heterocycles. The van der Waals surface area contributed by atoms with Crippen LogP contribution in [0.2, 0.25) is 0 Å². The summed E-state index contributed by atoms with van der Waals surface area (Å²) >= 11 is 0. The van der Waals surface area contributed by atoms with Gasteiger partial charge in [0, 0.05) is 13.2 Å². The van der Waals surface area contributed by atoms with Gasteiger partial charge in [0.25, 0.3) is 0 Å². The van der Waals surface area contributed by atoms with Gasteiger partial charge in [-0.1, -0.05) is 0 Å². The SMILES string of the molecule is COCCn1ncnc1CNC1CC1. The molecule has 0 aliphatic heterocycles. The molecule has 1 aliphatic rings. The summed E-state index contributed by atoms with van der Waals surface area (Å²) in [6.45, 7) is 2.27. The Labute approximate surface area is 83.5 Å². The lowest BCUT2D eigenvalue weighted by Crippen LogP contribution is -2.20. The molecule has 1 aliphatic carbocycles. The maximum atomic E-state index is 5.00. The minimum absolute atomic E-state index is 0.680. The topological polar surface area (TPSA) is 52.0 Å². The van der Waals surface area contributed by atoms with Crippen LogP contribution in [0.25, 0.3) is 0 Å². The molecular formula is C9H16N4O. The fourth-order valence-electron chi connectivity index (χ4n) is 1.31. The minimum atomic E-state index is 0.680. The van der Waals surface area contributed by atoms with Crippen molar-refractivity contribution in [2.75, 3.05) is 13.7 Å². The predicted octanol–water partition coefficient (Wildman–Crippen LogP) is 0.176. The van der Waals surface area contributed by atoms with E-state index in [0.29, 0.717) is 12.6 Å². The molecule has 0 radical (unpaired) electrons. The molecule has 1 N–H and O–H groups in total. The van der Waals surface area contributed by atoms with Crippen LogP contribution in [-0.2, 0) is 17.8 Å². The van der Waals surface area contributed by atoms with E-state index >= 15 is 0 Å². The van der Waals surface area contributed by atoms with Gasteiger partial charge in [0.15, 0.2) is 0 Å². The monoisotopic (exact) mass is 196 g/mol. The van der Waals surface area contributed by atoms with Crippen molar-refractivity contribution in [3.8, 4) is 0 Å². The Morgan fingerprint density at radius 2 is 2.50 bits per heavy atom. The van der Waals surface area contributed by atoms with Gasteiger partial charge in [-0.15, -0.1) is 0 Å². The van der Waals surface area contributed by atoms with Crippen LogP contribution in [0.1, 0.15) is 18.7 Å². The molecule has 0 atom stereocenters. The Kier molecular flexibility index (Phi) is 3.10.